The van der Waals surface area contributed by atoms with E-state index in [2.05, 4.69) is 11.0 Å². The highest BCUT2D eigenvalue weighted by atomic mass is 35.5. The zero-order valence-electron chi connectivity index (χ0n) is 14.5. The SMILES string of the molecule is N#Cc1ccc(-c2cccc(C(=O)N3CCN4CCC[C@@H]4C3)c2)cc1Cl. The number of fused-ring (bicyclic) bond motifs is 1. The van der Waals surface area contributed by atoms with Crippen molar-refractivity contribution in [3.63, 3.8) is 0 Å². The molecule has 0 unspecified atom stereocenters. The van der Waals surface area contributed by atoms with Crippen molar-refractivity contribution in [1.82, 2.24) is 9.80 Å². The third-order valence-corrected chi connectivity index (χ3v) is 5.72. The van der Waals surface area contributed by atoms with E-state index in [0.29, 0.717) is 22.2 Å². The molecule has 132 valence electrons. The van der Waals surface area contributed by atoms with E-state index in [1.165, 1.54) is 19.4 Å². The zero-order valence-corrected chi connectivity index (χ0v) is 15.2. The highest BCUT2D eigenvalue weighted by molar-refractivity contribution is 6.32. The van der Waals surface area contributed by atoms with Crippen LogP contribution in [0.15, 0.2) is 42.5 Å². The Morgan fingerprint density at radius 2 is 1.96 bits per heavy atom. The van der Waals surface area contributed by atoms with Crippen LogP contribution in [-0.2, 0) is 0 Å². The van der Waals surface area contributed by atoms with Gasteiger partial charge in [-0.15, -0.1) is 0 Å². The third kappa shape index (κ3) is 3.21. The van der Waals surface area contributed by atoms with Crippen molar-refractivity contribution in [3.8, 4) is 17.2 Å². The molecule has 0 spiro atoms. The fourth-order valence-electron chi connectivity index (χ4n) is 3.98. The predicted octanol–water partition coefficient (Wildman–Crippen LogP) is 3.80. The maximum Gasteiger partial charge on any atom is 0.253 e. The van der Waals surface area contributed by atoms with Crippen molar-refractivity contribution in [2.24, 2.45) is 0 Å². The van der Waals surface area contributed by atoms with Crippen molar-refractivity contribution in [3.05, 3.63) is 58.6 Å². The number of hydrogen-bond donors (Lipinski definition) is 0. The quantitative estimate of drug-likeness (QED) is 0.813. The Kier molecular flexibility index (Phi) is 4.67. The van der Waals surface area contributed by atoms with Gasteiger partial charge < -0.3 is 4.90 Å². The molecule has 1 atom stereocenters. The van der Waals surface area contributed by atoms with Crippen molar-refractivity contribution >= 4 is 17.5 Å². The van der Waals surface area contributed by atoms with Gasteiger partial charge in [-0.05, 0) is 54.8 Å². The minimum absolute atomic E-state index is 0.0955. The van der Waals surface area contributed by atoms with Crippen LogP contribution in [0.5, 0.6) is 0 Å². The maximum atomic E-state index is 13.0. The molecular formula is C21H20ClN3O. The van der Waals surface area contributed by atoms with Gasteiger partial charge in [0.2, 0.25) is 0 Å². The summed E-state index contributed by atoms with van der Waals surface area (Å²) in [5.74, 6) is 0.0955. The number of halogens is 1. The summed E-state index contributed by atoms with van der Waals surface area (Å²) in [5, 5.41) is 9.45. The monoisotopic (exact) mass is 365 g/mol. The predicted molar refractivity (Wildman–Crippen MR) is 102 cm³/mol. The second kappa shape index (κ2) is 7.11. The smallest absolute Gasteiger partial charge is 0.253 e. The molecule has 26 heavy (non-hydrogen) atoms. The van der Waals surface area contributed by atoms with Gasteiger partial charge in [0, 0.05) is 31.2 Å². The molecule has 2 aliphatic rings. The second-order valence-corrected chi connectivity index (χ2v) is 7.38. The summed E-state index contributed by atoms with van der Waals surface area (Å²) in [6.45, 7) is 3.76. The minimum Gasteiger partial charge on any atom is -0.336 e. The number of hydrogen-bond acceptors (Lipinski definition) is 3. The molecule has 4 rings (SSSR count). The Hall–Kier alpha value is -2.35. The third-order valence-electron chi connectivity index (χ3n) is 5.41. The van der Waals surface area contributed by atoms with Crippen LogP contribution in [0.2, 0.25) is 5.02 Å². The Morgan fingerprint density at radius 1 is 1.12 bits per heavy atom. The first-order valence-corrected chi connectivity index (χ1v) is 9.37. The average Bonchev–Trinajstić information content (AvgIpc) is 3.15. The Balaban J connectivity index is 1.56. The fourth-order valence-corrected chi connectivity index (χ4v) is 4.20. The van der Waals surface area contributed by atoms with Crippen LogP contribution in [0.1, 0.15) is 28.8 Å². The Morgan fingerprint density at radius 3 is 2.77 bits per heavy atom. The summed E-state index contributed by atoms with van der Waals surface area (Å²) in [4.78, 5) is 17.5. The molecule has 2 aromatic rings. The molecule has 5 heteroatoms. The van der Waals surface area contributed by atoms with Gasteiger partial charge in [0.25, 0.3) is 5.91 Å². The van der Waals surface area contributed by atoms with Crippen LogP contribution >= 0.6 is 11.6 Å². The summed E-state index contributed by atoms with van der Waals surface area (Å²) in [5.41, 5.74) is 3.00. The summed E-state index contributed by atoms with van der Waals surface area (Å²) < 4.78 is 0. The van der Waals surface area contributed by atoms with E-state index in [4.69, 9.17) is 16.9 Å². The van der Waals surface area contributed by atoms with Crippen molar-refractivity contribution in [1.29, 1.82) is 5.26 Å². The summed E-state index contributed by atoms with van der Waals surface area (Å²) >= 11 is 6.15. The molecule has 1 amide bonds. The molecule has 0 saturated carbocycles. The van der Waals surface area contributed by atoms with E-state index >= 15 is 0 Å². The summed E-state index contributed by atoms with van der Waals surface area (Å²) in [7, 11) is 0. The van der Waals surface area contributed by atoms with Crippen molar-refractivity contribution in [2.75, 3.05) is 26.2 Å². The average molecular weight is 366 g/mol. The fraction of sp³-hybridized carbons (Fsp3) is 0.333. The van der Waals surface area contributed by atoms with Crippen LogP contribution in [0.3, 0.4) is 0 Å². The van der Waals surface area contributed by atoms with Gasteiger partial charge in [0.05, 0.1) is 10.6 Å². The van der Waals surface area contributed by atoms with Gasteiger partial charge in [-0.1, -0.05) is 29.8 Å². The van der Waals surface area contributed by atoms with Gasteiger partial charge >= 0.3 is 0 Å². The van der Waals surface area contributed by atoms with E-state index < -0.39 is 0 Å². The molecule has 2 saturated heterocycles. The van der Waals surface area contributed by atoms with Gasteiger partial charge in [-0.25, -0.2) is 0 Å². The standard InChI is InChI=1S/C21H20ClN3O/c22-20-12-16(6-7-18(20)13-23)15-3-1-4-17(11-15)21(26)25-10-9-24-8-2-5-19(24)14-25/h1,3-4,6-7,11-12,19H,2,5,8-10,14H2/t19-/m1/s1. The Labute approximate surface area is 158 Å². The number of carbonyl (C=O) groups is 1. The molecule has 0 aromatic heterocycles. The number of nitriles is 1. The molecule has 0 aliphatic carbocycles. The van der Waals surface area contributed by atoms with Crippen LogP contribution in [0, 0.1) is 11.3 Å². The Bertz CT molecular complexity index is 889. The van der Waals surface area contributed by atoms with Crippen molar-refractivity contribution < 1.29 is 4.79 Å². The topological polar surface area (TPSA) is 47.3 Å². The number of amides is 1. The van der Waals surface area contributed by atoms with E-state index in [1.807, 2.05) is 35.2 Å². The molecule has 2 heterocycles. The lowest BCUT2D eigenvalue weighted by atomic mass is 10.0. The first kappa shape index (κ1) is 17.1. The van der Waals surface area contributed by atoms with E-state index in [-0.39, 0.29) is 5.91 Å². The molecule has 0 bridgehead atoms. The van der Waals surface area contributed by atoms with Crippen LogP contribution < -0.4 is 0 Å². The summed E-state index contributed by atoms with van der Waals surface area (Å²) in [6, 6.07) is 15.6. The number of carbonyl (C=O) groups excluding carboxylic acids is 1. The molecule has 2 aliphatic heterocycles. The van der Waals surface area contributed by atoms with Gasteiger partial charge in [0.1, 0.15) is 6.07 Å². The maximum absolute atomic E-state index is 13.0. The molecule has 2 aromatic carbocycles. The van der Waals surface area contributed by atoms with Crippen LogP contribution in [-0.4, -0.2) is 47.9 Å². The molecule has 2 fully saturated rings. The summed E-state index contributed by atoms with van der Waals surface area (Å²) in [6.07, 6.45) is 2.43. The molecule has 4 nitrogen and oxygen atoms in total. The number of rotatable bonds is 2. The second-order valence-electron chi connectivity index (χ2n) is 6.97. The van der Waals surface area contributed by atoms with Crippen molar-refractivity contribution in [2.45, 2.75) is 18.9 Å². The lowest BCUT2D eigenvalue weighted by Gasteiger charge is -2.37. The van der Waals surface area contributed by atoms with Crippen LogP contribution in [0.25, 0.3) is 11.1 Å². The lowest BCUT2D eigenvalue weighted by molar-refractivity contribution is 0.0571. The molecule has 0 N–H and O–H groups in total. The normalized spacial score (nSPS) is 19.8. The lowest BCUT2D eigenvalue weighted by Crippen LogP contribution is -2.52. The molecule has 0 radical (unpaired) electrons. The first-order chi connectivity index (χ1) is 12.7. The van der Waals surface area contributed by atoms with Gasteiger partial charge in [-0.2, -0.15) is 5.26 Å². The number of benzene rings is 2. The van der Waals surface area contributed by atoms with E-state index in [0.717, 1.165) is 30.8 Å². The van der Waals surface area contributed by atoms with Crippen LogP contribution in [0.4, 0.5) is 0 Å². The number of nitrogens with zero attached hydrogens (tertiary/aromatic N) is 3. The minimum atomic E-state index is 0.0955. The van der Waals surface area contributed by atoms with E-state index in [9.17, 15) is 4.79 Å². The van der Waals surface area contributed by atoms with E-state index in [1.54, 1.807) is 12.1 Å². The largest absolute Gasteiger partial charge is 0.336 e. The molecular weight excluding hydrogens is 346 g/mol. The van der Waals surface area contributed by atoms with Gasteiger partial charge in [-0.3, -0.25) is 9.69 Å². The van der Waals surface area contributed by atoms with Gasteiger partial charge in [0.15, 0.2) is 0 Å². The highest BCUT2D eigenvalue weighted by Gasteiger charge is 2.32. The zero-order chi connectivity index (χ0) is 18.1. The highest BCUT2D eigenvalue weighted by Crippen LogP contribution is 2.27. The number of piperazine rings is 1. The first-order valence-electron chi connectivity index (χ1n) is 8.99.